The van der Waals surface area contributed by atoms with E-state index in [9.17, 15) is 4.79 Å². The number of hydrazone groups is 1. The van der Waals surface area contributed by atoms with Crippen LogP contribution in [0.1, 0.15) is 30.0 Å². The molecule has 0 aliphatic rings. The smallest absolute Gasteiger partial charge is 0.307 e. The zero-order valence-electron chi connectivity index (χ0n) is 12.4. The summed E-state index contributed by atoms with van der Waals surface area (Å²) in [5.41, 5.74) is 3.23. The lowest BCUT2D eigenvalue weighted by Gasteiger charge is -2.10. The third kappa shape index (κ3) is 4.73. The number of ether oxygens (including phenoxy) is 1. The molecule has 2 rings (SSSR count). The Bertz CT molecular complexity index is 651. The van der Waals surface area contributed by atoms with Crippen molar-refractivity contribution in [3.05, 3.63) is 52.4 Å². The van der Waals surface area contributed by atoms with Crippen LogP contribution in [0.15, 0.2) is 50.6 Å². The third-order valence-corrected chi connectivity index (χ3v) is 3.27. The molecule has 1 aromatic carbocycles. The fourth-order valence-corrected chi connectivity index (χ4v) is 2.11. The van der Waals surface area contributed by atoms with Gasteiger partial charge in [-0.05, 0) is 57.7 Å². The van der Waals surface area contributed by atoms with Crippen LogP contribution in [0, 0.1) is 5.92 Å². The van der Waals surface area contributed by atoms with Gasteiger partial charge in [0.15, 0.2) is 5.76 Å². The molecule has 1 N–H and O–H groups in total. The first kappa shape index (κ1) is 16.3. The largest absolute Gasteiger partial charge is 0.492 e. The van der Waals surface area contributed by atoms with Crippen molar-refractivity contribution in [2.24, 2.45) is 11.0 Å². The molecule has 1 heterocycles. The quantitative estimate of drug-likeness (QED) is 0.625. The highest BCUT2D eigenvalue weighted by Crippen LogP contribution is 2.25. The second-order valence-electron chi connectivity index (χ2n) is 5.07. The van der Waals surface area contributed by atoms with E-state index < -0.39 is 5.91 Å². The van der Waals surface area contributed by atoms with Crippen LogP contribution in [0.4, 0.5) is 0 Å². The maximum atomic E-state index is 11.6. The summed E-state index contributed by atoms with van der Waals surface area (Å²) < 4.78 is 11.5. The summed E-state index contributed by atoms with van der Waals surface area (Å²) in [4.78, 5) is 11.6. The number of carbonyl (C=O) groups excluding carboxylic acids is 1. The summed E-state index contributed by atoms with van der Waals surface area (Å²) >= 11 is 3.46. The van der Waals surface area contributed by atoms with Gasteiger partial charge in [-0.3, -0.25) is 4.79 Å². The molecule has 1 aromatic heterocycles. The zero-order valence-corrected chi connectivity index (χ0v) is 14.0. The number of carbonyl (C=O) groups is 1. The zero-order chi connectivity index (χ0) is 15.9. The van der Waals surface area contributed by atoms with E-state index in [0.29, 0.717) is 12.5 Å². The highest BCUT2D eigenvalue weighted by molar-refractivity contribution is 9.10. The van der Waals surface area contributed by atoms with E-state index in [1.807, 2.05) is 18.2 Å². The molecule has 0 unspecified atom stereocenters. The minimum absolute atomic E-state index is 0.218. The lowest BCUT2D eigenvalue weighted by Crippen LogP contribution is -2.16. The summed E-state index contributed by atoms with van der Waals surface area (Å²) in [6.07, 6.45) is 2.99. The minimum Gasteiger partial charge on any atom is -0.492 e. The topological polar surface area (TPSA) is 63.8 Å². The van der Waals surface area contributed by atoms with Crippen molar-refractivity contribution in [2.75, 3.05) is 6.61 Å². The van der Waals surface area contributed by atoms with Gasteiger partial charge in [0, 0.05) is 0 Å². The van der Waals surface area contributed by atoms with Crippen molar-refractivity contribution in [3.63, 3.8) is 0 Å². The summed E-state index contributed by atoms with van der Waals surface area (Å²) in [5, 5.41) is 3.90. The second-order valence-corrected chi connectivity index (χ2v) is 5.93. The van der Waals surface area contributed by atoms with E-state index in [1.54, 1.807) is 18.3 Å². The number of furan rings is 1. The van der Waals surface area contributed by atoms with Crippen LogP contribution >= 0.6 is 15.9 Å². The molecular formula is C16H17BrN2O3. The number of nitrogens with one attached hydrogen (secondary N) is 1. The molecule has 0 aliphatic carbocycles. The number of rotatable bonds is 6. The summed E-state index contributed by atoms with van der Waals surface area (Å²) in [6, 6.07) is 8.82. The van der Waals surface area contributed by atoms with E-state index in [4.69, 9.17) is 9.15 Å². The highest BCUT2D eigenvalue weighted by Gasteiger charge is 2.06. The Labute approximate surface area is 137 Å². The summed E-state index contributed by atoms with van der Waals surface area (Å²) in [7, 11) is 0. The average Bonchev–Trinajstić information content (AvgIpc) is 3.00. The van der Waals surface area contributed by atoms with E-state index in [1.165, 1.54) is 6.26 Å². The van der Waals surface area contributed by atoms with Gasteiger partial charge < -0.3 is 9.15 Å². The molecule has 116 valence electrons. The predicted molar refractivity (Wildman–Crippen MR) is 88.2 cm³/mol. The third-order valence-electron chi connectivity index (χ3n) is 2.65. The standard InChI is InChI=1S/C16H17BrN2O3/c1-11(2)10-22-14-6-5-12(8-13(14)17)9-18-19-16(20)15-4-3-7-21-15/h3-9,11H,10H2,1-2H3,(H,19,20)/b18-9+. The number of nitrogens with zero attached hydrogens (tertiary/aromatic N) is 1. The molecule has 0 spiro atoms. The molecule has 0 saturated carbocycles. The molecule has 1 amide bonds. The molecule has 0 aliphatic heterocycles. The van der Waals surface area contributed by atoms with E-state index in [0.717, 1.165) is 15.8 Å². The van der Waals surface area contributed by atoms with Crippen molar-refractivity contribution >= 4 is 28.1 Å². The Morgan fingerprint density at radius 1 is 1.45 bits per heavy atom. The molecule has 0 bridgehead atoms. The molecule has 2 aromatic rings. The Kier molecular flexibility index (Phi) is 5.77. The number of benzene rings is 1. The Balaban J connectivity index is 1.94. The lowest BCUT2D eigenvalue weighted by atomic mass is 10.2. The van der Waals surface area contributed by atoms with Crippen molar-refractivity contribution in [1.29, 1.82) is 0 Å². The van der Waals surface area contributed by atoms with E-state index >= 15 is 0 Å². The SMILES string of the molecule is CC(C)COc1ccc(/C=N/NC(=O)c2ccco2)cc1Br. The molecule has 0 fully saturated rings. The number of halogens is 1. The number of amides is 1. The van der Waals surface area contributed by atoms with Gasteiger partial charge in [-0.1, -0.05) is 13.8 Å². The van der Waals surface area contributed by atoms with Gasteiger partial charge in [-0.15, -0.1) is 0 Å². The number of hydrogen-bond donors (Lipinski definition) is 1. The van der Waals surface area contributed by atoms with Gasteiger partial charge in [-0.2, -0.15) is 5.10 Å². The maximum absolute atomic E-state index is 11.6. The molecule has 0 saturated heterocycles. The molecule has 0 radical (unpaired) electrons. The van der Waals surface area contributed by atoms with Gasteiger partial charge in [0.2, 0.25) is 0 Å². The first-order valence-electron chi connectivity index (χ1n) is 6.85. The fourth-order valence-electron chi connectivity index (χ4n) is 1.60. The van der Waals surface area contributed by atoms with Crippen LogP contribution in [0.3, 0.4) is 0 Å². The van der Waals surface area contributed by atoms with E-state index in [-0.39, 0.29) is 5.76 Å². The first-order valence-corrected chi connectivity index (χ1v) is 7.65. The Morgan fingerprint density at radius 3 is 2.91 bits per heavy atom. The van der Waals surface area contributed by atoms with Crippen LogP contribution in [0.25, 0.3) is 0 Å². The predicted octanol–water partition coefficient (Wildman–Crippen LogP) is 3.84. The van der Waals surface area contributed by atoms with Gasteiger partial charge in [0.1, 0.15) is 5.75 Å². The Hall–Kier alpha value is -2.08. The van der Waals surface area contributed by atoms with Gasteiger partial charge in [0.05, 0.1) is 23.6 Å². The maximum Gasteiger partial charge on any atom is 0.307 e. The minimum atomic E-state index is -0.391. The first-order chi connectivity index (χ1) is 10.6. The summed E-state index contributed by atoms with van der Waals surface area (Å²) in [5.74, 6) is 1.07. The Morgan fingerprint density at radius 2 is 2.27 bits per heavy atom. The van der Waals surface area contributed by atoms with Gasteiger partial charge >= 0.3 is 5.91 Å². The molecule has 6 heteroatoms. The van der Waals surface area contributed by atoms with Crippen LogP contribution in [-0.4, -0.2) is 18.7 Å². The summed E-state index contributed by atoms with van der Waals surface area (Å²) in [6.45, 7) is 4.85. The monoisotopic (exact) mass is 364 g/mol. The van der Waals surface area contributed by atoms with Crippen molar-refractivity contribution < 1.29 is 13.9 Å². The highest BCUT2D eigenvalue weighted by atomic mass is 79.9. The van der Waals surface area contributed by atoms with Gasteiger partial charge in [-0.25, -0.2) is 5.43 Å². The molecule has 5 nitrogen and oxygen atoms in total. The van der Waals surface area contributed by atoms with Crippen LogP contribution < -0.4 is 10.2 Å². The van der Waals surface area contributed by atoms with Crippen molar-refractivity contribution in [2.45, 2.75) is 13.8 Å². The second kappa shape index (κ2) is 7.79. The molecule has 0 atom stereocenters. The van der Waals surface area contributed by atoms with E-state index in [2.05, 4.69) is 40.3 Å². The van der Waals surface area contributed by atoms with Crippen LogP contribution in [0.2, 0.25) is 0 Å². The van der Waals surface area contributed by atoms with Crippen LogP contribution in [0.5, 0.6) is 5.75 Å². The normalized spacial score (nSPS) is 11.1. The van der Waals surface area contributed by atoms with Crippen molar-refractivity contribution in [1.82, 2.24) is 5.43 Å². The number of hydrogen-bond acceptors (Lipinski definition) is 4. The fraction of sp³-hybridized carbons (Fsp3) is 0.250. The van der Waals surface area contributed by atoms with Gasteiger partial charge in [0.25, 0.3) is 0 Å². The molecule has 22 heavy (non-hydrogen) atoms. The van der Waals surface area contributed by atoms with Crippen molar-refractivity contribution in [3.8, 4) is 5.75 Å². The molecular weight excluding hydrogens is 348 g/mol. The van der Waals surface area contributed by atoms with Crippen LogP contribution in [-0.2, 0) is 0 Å². The average molecular weight is 365 g/mol. The lowest BCUT2D eigenvalue weighted by molar-refractivity contribution is 0.0927.